The Bertz CT molecular complexity index is 1050. The molecule has 0 aliphatic carbocycles. The molecule has 0 unspecified atom stereocenters. The van der Waals surface area contributed by atoms with Crippen molar-refractivity contribution < 1.29 is 24.1 Å². The van der Waals surface area contributed by atoms with Crippen molar-refractivity contribution in [2.24, 2.45) is 0 Å². The predicted octanol–water partition coefficient (Wildman–Crippen LogP) is 4.18. The third kappa shape index (κ3) is 8.52. The van der Waals surface area contributed by atoms with Gasteiger partial charge in [-0.05, 0) is 30.7 Å². The SMILES string of the molecule is C#Cc1cccc(Nc2ncnc3cc(OCCOC)c(OCCOC)cc23)c1.CCCCO. The summed E-state index contributed by atoms with van der Waals surface area (Å²) in [6.45, 7) is 4.12. The van der Waals surface area contributed by atoms with Crippen molar-refractivity contribution in [3.8, 4) is 23.8 Å². The quantitative estimate of drug-likeness (QED) is 0.303. The van der Waals surface area contributed by atoms with Gasteiger partial charge in [-0.25, -0.2) is 9.97 Å². The first-order valence-corrected chi connectivity index (χ1v) is 11.1. The summed E-state index contributed by atoms with van der Waals surface area (Å²) in [5.41, 5.74) is 2.34. The van der Waals surface area contributed by atoms with E-state index in [1.54, 1.807) is 14.2 Å². The van der Waals surface area contributed by atoms with Gasteiger partial charge in [0.15, 0.2) is 11.5 Å². The van der Waals surface area contributed by atoms with Crippen LogP contribution in [0.5, 0.6) is 11.5 Å². The van der Waals surface area contributed by atoms with E-state index in [2.05, 4.69) is 28.1 Å². The van der Waals surface area contributed by atoms with Crippen molar-refractivity contribution in [2.75, 3.05) is 52.6 Å². The molecule has 3 aromatic rings. The van der Waals surface area contributed by atoms with E-state index in [1.165, 1.54) is 6.33 Å². The van der Waals surface area contributed by atoms with E-state index < -0.39 is 0 Å². The smallest absolute Gasteiger partial charge is 0.163 e. The van der Waals surface area contributed by atoms with E-state index in [-0.39, 0.29) is 0 Å². The molecule has 0 aliphatic heterocycles. The lowest BCUT2D eigenvalue weighted by atomic mass is 10.2. The number of anilines is 2. The van der Waals surface area contributed by atoms with Gasteiger partial charge in [0.05, 0.1) is 18.7 Å². The number of aliphatic hydroxyl groups excluding tert-OH is 1. The molecule has 2 aromatic carbocycles. The first-order valence-electron chi connectivity index (χ1n) is 11.1. The number of terminal acetylenes is 1. The Balaban J connectivity index is 0.000000739. The van der Waals surface area contributed by atoms with Crippen molar-refractivity contribution in [3.63, 3.8) is 0 Å². The molecule has 3 rings (SSSR count). The van der Waals surface area contributed by atoms with Crippen molar-refractivity contribution in [1.82, 2.24) is 9.97 Å². The largest absolute Gasteiger partial charge is 0.487 e. The number of rotatable bonds is 12. The monoisotopic (exact) mass is 467 g/mol. The molecule has 0 amide bonds. The van der Waals surface area contributed by atoms with Gasteiger partial charge in [-0.3, -0.25) is 0 Å². The van der Waals surface area contributed by atoms with Gasteiger partial charge in [0.2, 0.25) is 0 Å². The normalized spacial score (nSPS) is 10.2. The summed E-state index contributed by atoms with van der Waals surface area (Å²) in [5, 5.41) is 12.2. The second-order valence-corrected chi connectivity index (χ2v) is 7.15. The van der Waals surface area contributed by atoms with E-state index in [0.717, 1.165) is 35.0 Å². The Labute approximate surface area is 201 Å². The number of unbranched alkanes of at least 4 members (excludes halogenated alkanes) is 1. The third-order valence-corrected chi connectivity index (χ3v) is 4.59. The fraction of sp³-hybridized carbons (Fsp3) is 0.385. The molecule has 1 aromatic heterocycles. The van der Waals surface area contributed by atoms with E-state index in [0.29, 0.717) is 50.4 Å². The molecular formula is C26H33N3O5. The highest BCUT2D eigenvalue weighted by atomic mass is 16.5. The van der Waals surface area contributed by atoms with Crippen molar-refractivity contribution >= 4 is 22.4 Å². The number of nitrogens with one attached hydrogen (secondary N) is 1. The van der Waals surface area contributed by atoms with Crippen LogP contribution in [0.1, 0.15) is 25.3 Å². The van der Waals surface area contributed by atoms with Crippen LogP contribution >= 0.6 is 0 Å². The second-order valence-electron chi connectivity index (χ2n) is 7.15. The standard InChI is InChI=1S/C22H23N3O4.C4H10O/c1-4-16-6-5-7-17(12-16)25-22-18-13-20(28-10-8-26-2)21(29-11-9-27-3)14-19(18)23-15-24-22;1-2-3-4-5/h1,5-7,12-15H,8-11H2,2-3H3,(H,23,24,25);5H,2-4H2,1H3. The maximum Gasteiger partial charge on any atom is 0.163 e. The number of nitrogens with zero attached hydrogens (tertiary/aromatic N) is 2. The zero-order chi connectivity index (χ0) is 24.6. The van der Waals surface area contributed by atoms with Crippen LogP contribution in [-0.4, -0.2) is 62.3 Å². The number of aliphatic hydroxyl groups is 1. The summed E-state index contributed by atoms with van der Waals surface area (Å²) in [6, 6.07) is 11.3. The third-order valence-electron chi connectivity index (χ3n) is 4.59. The van der Waals surface area contributed by atoms with E-state index >= 15 is 0 Å². The van der Waals surface area contributed by atoms with Gasteiger partial charge in [-0.2, -0.15) is 0 Å². The summed E-state index contributed by atoms with van der Waals surface area (Å²) in [4.78, 5) is 8.75. The number of benzene rings is 2. The topological polar surface area (TPSA) is 95.0 Å². The number of fused-ring (bicyclic) bond motifs is 1. The minimum Gasteiger partial charge on any atom is -0.487 e. The molecule has 0 spiro atoms. The van der Waals surface area contributed by atoms with Gasteiger partial charge in [0.25, 0.3) is 0 Å². The molecule has 0 bridgehead atoms. The first-order chi connectivity index (χ1) is 16.7. The fourth-order valence-electron chi connectivity index (χ4n) is 2.84. The van der Waals surface area contributed by atoms with E-state index in [9.17, 15) is 0 Å². The van der Waals surface area contributed by atoms with E-state index in [4.69, 9.17) is 30.5 Å². The van der Waals surface area contributed by atoms with Crippen LogP contribution in [0.2, 0.25) is 0 Å². The number of methoxy groups -OCH3 is 2. The van der Waals surface area contributed by atoms with Gasteiger partial charge < -0.3 is 29.4 Å². The van der Waals surface area contributed by atoms with Crippen LogP contribution in [0, 0.1) is 12.3 Å². The zero-order valence-corrected chi connectivity index (χ0v) is 20.0. The number of aromatic nitrogens is 2. The van der Waals surface area contributed by atoms with Crippen molar-refractivity contribution in [3.05, 3.63) is 48.3 Å². The molecule has 0 aliphatic rings. The van der Waals surface area contributed by atoms with Crippen LogP contribution in [-0.2, 0) is 9.47 Å². The summed E-state index contributed by atoms with van der Waals surface area (Å²) in [6.07, 6.45) is 9.03. The summed E-state index contributed by atoms with van der Waals surface area (Å²) in [5.74, 6) is 4.44. The molecule has 0 atom stereocenters. The molecule has 1 heterocycles. The lowest BCUT2D eigenvalue weighted by Crippen LogP contribution is -2.09. The average Bonchev–Trinajstić information content (AvgIpc) is 2.86. The first kappa shape index (κ1) is 26.9. The Morgan fingerprint density at radius 3 is 2.26 bits per heavy atom. The highest BCUT2D eigenvalue weighted by molar-refractivity contribution is 5.93. The summed E-state index contributed by atoms with van der Waals surface area (Å²) in [7, 11) is 3.25. The summed E-state index contributed by atoms with van der Waals surface area (Å²) >= 11 is 0. The molecule has 0 fully saturated rings. The lowest BCUT2D eigenvalue weighted by Gasteiger charge is -2.15. The lowest BCUT2D eigenvalue weighted by molar-refractivity contribution is 0.132. The second kappa shape index (κ2) is 15.5. The van der Waals surface area contributed by atoms with Gasteiger partial charge in [0, 0.05) is 43.5 Å². The highest BCUT2D eigenvalue weighted by Crippen LogP contribution is 2.35. The molecule has 34 heavy (non-hydrogen) atoms. The Morgan fingerprint density at radius 1 is 0.971 bits per heavy atom. The maximum atomic E-state index is 8.07. The van der Waals surface area contributed by atoms with Crippen LogP contribution in [0.15, 0.2) is 42.7 Å². The van der Waals surface area contributed by atoms with Gasteiger partial charge in [0.1, 0.15) is 25.4 Å². The molecule has 8 heteroatoms. The predicted molar refractivity (Wildman–Crippen MR) is 134 cm³/mol. The Hall–Kier alpha value is -3.38. The molecule has 8 nitrogen and oxygen atoms in total. The zero-order valence-electron chi connectivity index (χ0n) is 20.0. The minimum atomic E-state index is 0.344. The fourth-order valence-corrected chi connectivity index (χ4v) is 2.84. The van der Waals surface area contributed by atoms with Crippen molar-refractivity contribution in [2.45, 2.75) is 19.8 Å². The average molecular weight is 468 g/mol. The molecule has 182 valence electrons. The molecule has 0 radical (unpaired) electrons. The minimum absolute atomic E-state index is 0.344. The van der Waals surface area contributed by atoms with Gasteiger partial charge in [-0.1, -0.05) is 25.3 Å². The number of ether oxygens (including phenoxy) is 4. The van der Waals surface area contributed by atoms with Gasteiger partial charge >= 0.3 is 0 Å². The molecule has 0 saturated carbocycles. The molecule has 0 saturated heterocycles. The van der Waals surface area contributed by atoms with Crippen LogP contribution < -0.4 is 14.8 Å². The van der Waals surface area contributed by atoms with Crippen LogP contribution in [0.4, 0.5) is 11.5 Å². The number of hydrogen-bond donors (Lipinski definition) is 2. The Kier molecular flexibility index (Phi) is 12.2. The Morgan fingerprint density at radius 2 is 1.68 bits per heavy atom. The van der Waals surface area contributed by atoms with Crippen molar-refractivity contribution in [1.29, 1.82) is 0 Å². The van der Waals surface area contributed by atoms with Crippen LogP contribution in [0.3, 0.4) is 0 Å². The highest BCUT2D eigenvalue weighted by Gasteiger charge is 2.13. The van der Waals surface area contributed by atoms with E-state index in [1.807, 2.05) is 36.4 Å². The molecular weight excluding hydrogens is 434 g/mol. The maximum absolute atomic E-state index is 8.07. The summed E-state index contributed by atoms with van der Waals surface area (Å²) < 4.78 is 21.8. The number of hydrogen-bond acceptors (Lipinski definition) is 8. The van der Waals surface area contributed by atoms with Gasteiger partial charge in [-0.15, -0.1) is 6.42 Å². The molecule has 2 N–H and O–H groups in total. The van der Waals surface area contributed by atoms with Crippen LogP contribution in [0.25, 0.3) is 10.9 Å².